The number of rotatable bonds is 7. The normalized spacial score (nSPS) is 10.6. The van der Waals surface area contributed by atoms with Crippen LogP contribution in [0.1, 0.15) is 17.5 Å². The van der Waals surface area contributed by atoms with Crippen molar-refractivity contribution in [3.8, 4) is 11.1 Å². The van der Waals surface area contributed by atoms with Crippen LogP contribution in [0.15, 0.2) is 67.0 Å². The third kappa shape index (κ3) is 5.05. The summed E-state index contributed by atoms with van der Waals surface area (Å²) in [5, 5.41) is 4.12. The number of benzene rings is 2. The van der Waals surface area contributed by atoms with Crippen molar-refractivity contribution in [3.05, 3.63) is 78.1 Å². The Labute approximate surface area is 148 Å². The van der Waals surface area contributed by atoms with E-state index in [2.05, 4.69) is 17.2 Å². The van der Waals surface area contributed by atoms with Crippen molar-refractivity contribution in [2.75, 3.05) is 6.61 Å². The van der Waals surface area contributed by atoms with Crippen molar-refractivity contribution in [1.29, 1.82) is 0 Å². The minimum absolute atomic E-state index is 0.182. The molecule has 0 aliphatic rings. The van der Waals surface area contributed by atoms with E-state index in [1.807, 2.05) is 61.9 Å². The van der Waals surface area contributed by atoms with Crippen LogP contribution in [0.5, 0.6) is 0 Å². The van der Waals surface area contributed by atoms with Gasteiger partial charge in [-0.2, -0.15) is 5.10 Å². The van der Waals surface area contributed by atoms with Crippen LogP contribution in [0.4, 0.5) is 0 Å². The minimum atomic E-state index is -0.182. The Kier molecular flexibility index (Phi) is 5.62. The molecule has 1 heterocycles. The summed E-state index contributed by atoms with van der Waals surface area (Å²) in [4.78, 5) is 11.9. The first kappa shape index (κ1) is 17.0. The van der Waals surface area contributed by atoms with E-state index in [4.69, 9.17) is 4.74 Å². The van der Waals surface area contributed by atoms with E-state index >= 15 is 0 Å². The van der Waals surface area contributed by atoms with Gasteiger partial charge in [0.15, 0.2) is 0 Å². The van der Waals surface area contributed by atoms with Gasteiger partial charge in [-0.1, -0.05) is 54.6 Å². The van der Waals surface area contributed by atoms with Gasteiger partial charge in [-0.05, 0) is 35.1 Å². The predicted octanol–water partition coefficient (Wildman–Crippen LogP) is 3.81. The summed E-state index contributed by atoms with van der Waals surface area (Å²) in [5.41, 5.74) is 4.45. The topological polar surface area (TPSA) is 44.1 Å². The summed E-state index contributed by atoms with van der Waals surface area (Å²) < 4.78 is 7.10. The van der Waals surface area contributed by atoms with Gasteiger partial charge in [-0.15, -0.1) is 0 Å². The monoisotopic (exact) mass is 334 g/mol. The fourth-order valence-corrected chi connectivity index (χ4v) is 2.73. The Bertz CT molecular complexity index is 807. The van der Waals surface area contributed by atoms with E-state index in [-0.39, 0.29) is 5.97 Å². The molecule has 0 atom stereocenters. The molecule has 4 nitrogen and oxygen atoms in total. The molecule has 2 aromatic carbocycles. The number of carbonyl (C=O) groups excluding carboxylic acids is 1. The number of esters is 1. The molecule has 0 aliphatic carbocycles. The highest BCUT2D eigenvalue weighted by atomic mass is 16.5. The zero-order valence-corrected chi connectivity index (χ0v) is 14.4. The first-order chi connectivity index (χ1) is 12.2. The smallest absolute Gasteiger partial charge is 0.310 e. The molecule has 128 valence electrons. The summed E-state index contributed by atoms with van der Waals surface area (Å²) >= 11 is 0. The molecule has 3 rings (SSSR count). The van der Waals surface area contributed by atoms with E-state index in [1.165, 1.54) is 5.56 Å². The molecule has 0 radical (unpaired) electrons. The molecular formula is C21H22N2O2. The largest absolute Gasteiger partial charge is 0.465 e. The van der Waals surface area contributed by atoms with Crippen LogP contribution in [0.3, 0.4) is 0 Å². The number of carbonyl (C=O) groups is 1. The third-order valence-electron chi connectivity index (χ3n) is 4.04. The van der Waals surface area contributed by atoms with Gasteiger partial charge in [0.2, 0.25) is 0 Å². The highest BCUT2D eigenvalue weighted by Gasteiger charge is 2.06. The van der Waals surface area contributed by atoms with E-state index < -0.39 is 0 Å². The number of aryl methyl sites for hydroxylation is 2. The molecule has 3 aromatic rings. The molecule has 0 amide bonds. The lowest BCUT2D eigenvalue weighted by Crippen LogP contribution is -2.09. The summed E-state index contributed by atoms with van der Waals surface area (Å²) in [6.07, 6.45) is 5.81. The van der Waals surface area contributed by atoms with Crippen molar-refractivity contribution in [3.63, 3.8) is 0 Å². The molecule has 0 fully saturated rings. The van der Waals surface area contributed by atoms with E-state index in [1.54, 1.807) is 4.68 Å². The Hall–Kier alpha value is -2.88. The van der Waals surface area contributed by atoms with Gasteiger partial charge in [0.25, 0.3) is 0 Å². The average molecular weight is 334 g/mol. The maximum Gasteiger partial charge on any atom is 0.310 e. The zero-order chi connectivity index (χ0) is 17.5. The summed E-state index contributed by atoms with van der Waals surface area (Å²) in [5.74, 6) is -0.182. The highest BCUT2D eigenvalue weighted by molar-refractivity contribution is 5.73. The van der Waals surface area contributed by atoms with Crippen LogP contribution in [0.25, 0.3) is 11.1 Å². The molecule has 0 saturated carbocycles. The first-order valence-corrected chi connectivity index (χ1v) is 8.48. The molecule has 1 aromatic heterocycles. The van der Waals surface area contributed by atoms with Gasteiger partial charge in [-0.25, -0.2) is 0 Å². The number of nitrogens with zero attached hydrogens (tertiary/aromatic N) is 2. The number of aromatic nitrogens is 2. The highest BCUT2D eigenvalue weighted by Crippen LogP contribution is 2.19. The van der Waals surface area contributed by atoms with Crippen LogP contribution >= 0.6 is 0 Å². The molecular weight excluding hydrogens is 312 g/mol. The number of hydrogen-bond donors (Lipinski definition) is 0. The fraction of sp³-hybridized carbons (Fsp3) is 0.238. The Morgan fingerprint density at radius 3 is 2.40 bits per heavy atom. The van der Waals surface area contributed by atoms with Crippen LogP contribution in [-0.4, -0.2) is 22.4 Å². The fourth-order valence-electron chi connectivity index (χ4n) is 2.73. The van der Waals surface area contributed by atoms with Gasteiger partial charge < -0.3 is 4.74 Å². The Morgan fingerprint density at radius 1 is 1.00 bits per heavy atom. The lowest BCUT2D eigenvalue weighted by Gasteiger charge is -2.06. The minimum Gasteiger partial charge on any atom is -0.465 e. The second kappa shape index (κ2) is 8.29. The van der Waals surface area contributed by atoms with Crippen molar-refractivity contribution in [1.82, 2.24) is 9.78 Å². The van der Waals surface area contributed by atoms with Gasteiger partial charge in [0.1, 0.15) is 0 Å². The molecule has 0 saturated heterocycles. The van der Waals surface area contributed by atoms with E-state index in [9.17, 15) is 4.79 Å². The molecule has 0 aliphatic heterocycles. The predicted molar refractivity (Wildman–Crippen MR) is 98.1 cm³/mol. The van der Waals surface area contributed by atoms with Gasteiger partial charge >= 0.3 is 5.97 Å². The molecule has 0 N–H and O–H groups in total. The van der Waals surface area contributed by atoms with Crippen molar-refractivity contribution in [2.45, 2.75) is 19.3 Å². The van der Waals surface area contributed by atoms with Crippen LogP contribution in [-0.2, 0) is 29.4 Å². The number of hydrogen-bond acceptors (Lipinski definition) is 3. The lowest BCUT2D eigenvalue weighted by atomic mass is 10.0. The van der Waals surface area contributed by atoms with Crippen molar-refractivity contribution in [2.24, 2.45) is 7.05 Å². The summed E-state index contributed by atoms with van der Waals surface area (Å²) in [6.45, 7) is 0.440. The average Bonchev–Trinajstić information content (AvgIpc) is 3.05. The second-order valence-electron chi connectivity index (χ2n) is 6.09. The van der Waals surface area contributed by atoms with Crippen LogP contribution in [0, 0.1) is 0 Å². The SMILES string of the molecule is Cn1cc(CCCOC(=O)Cc2ccc(-c3ccccc3)cc2)cn1. The van der Waals surface area contributed by atoms with Crippen molar-refractivity contribution >= 4 is 5.97 Å². The van der Waals surface area contributed by atoms with Crippen LogP contribution in [0.2, 0.25) is 0 Å². The Balaban J connectivity index is 1.43. The van der Waals surface area contributed by atoms with Gasteiger partial charge in [-0.3, -0.25) is 9.48 Å². The second-order valence-corrected chi connectivity index (χ2v) is 6.09. The maximum atomic E-state index is 11.9. The summed E-state index contributed by atoms with van der Waals surface area (Å²) in [6, 6.07) is 18.2. The molecule has 4 heteroatoms. The summed E-state index contributed by atoms with van der Waals surface area (Å²) in [7, 11) is 1.90. The van der Waals surface area contributed by atoms with Crippen LogP contribution < -0.4 is 0 Å². The van der Waals surface area contributed by atoms with Gasteiger partial charge in [0, 0.05) is 13.2 Å². The maximum absolute atomic E-state index is 11.9. The van der Waals surface area contributed by atoms with Crippen molar-refractivity contribution < 1.29 is 9.53 Å². The van der Waals surface area contributed by atoms with E-state index in [0.717, 1.165) is 29.5 Å². The molecule has 0 spiro atoms. The van der Waals surface area contributed by atoms with Gasteiger partial charge in [0.05, 0.1) is 19.2 Å². The number of ether oxygens (including phenoxy) is 1. The first-order valence-electron chi connectivity index (χ1n) is 8.48. The Morgan fingerprint density at radius 2 is 1.72 bits per heavy atom. The lowest BCUT2D eigenvalue weighted by molar-refractivity contribution is -0.142. The zero-order valence-electron chi connectivity index (χ0n) is 14.4. The quantitative estimate of drug-likeness (QED) is 0.487. The molecule has 25 heavy (non-hydrogen) atoms. The third-order valence-corrected chi connectivity index (χ3v) is 4.04. The molecule has 0 bridgehead atoms. The standard InChI is InChI=1S/C21H22N2O2/c1-23-16-18(15-22-23)6-5-13-25-21(24)14-17-9-11-20(12-10-17)19-7-3-2-4-8-19/h2-4,7-12,15-16H,5-6,13-14H2,1H3. The van der Waals surface area contributed by atoms with E-state index in [0.29, 0.717) is 13.0 Å². The molecule has 0 unspecified atom stereocenters.